The quantitative estimate of drug-likeness (QED) is 0.900. The van der Waals surface area contributed by atoms with Crippen LogP contribution in [0.15, 0.2) is 10.6 Å². The third-order valence-corrected chi connectivity index (χ3v) is 2.68. The van der Waals surface area contributed by atoms with Crippen LogP contribution in [0.5, 0.6) is 0 Å². The Morgan fingerprint density at radius 2 is 2.44 bits per heavy atom. The zero-order chi connectivity index (χ0) is 11.5. The van der Waals surface area contributed by atoms with Crippen LogP contribution >= 0.6 is 22.9 Å². The summed E-state index contributed by atoms with van der Waals surface area (Å²) in [5.41, 5.74) is 0. The van der Waals surface area contributed by atoms with E-state index in [0.29, 0.717) is 11.7 Å². The molecule has 0 radical (unpaired) electrons. The predicted molar refractivity (Wildman–Crippen MR) is 57.3 cm³/mol. The fourth-order valence-electron chi connectivity index (χ4n) is 1.01. The number of hydrogen-bond acceptors (Lipinski definition) is 6. The Kier molecular flexibility index (Phi) is 3.16. The minimum absolute atomic E-state index is 0.212. The highest BCUT2D eigenvalue weighted by molar-refractivity contribution is 7.17. The highest BCUT2D eigenvalue weighted by Crippen LogP contribution is 2.14. The number of aryl methyl sites for hydroxylation is 1. The van der Waals surface area contributed by atoms with Gasteiger partial charge in [-0.3, -0.25) is 4.79 Å². The molecule has 0 aliphatic heterocycles. The van der Waals surface area contributed by atoms with Gasteiger partial charge in [-0.2, -0.15) is 0 Å². The van der Waals surface area contributed by atoms with Gasteiger partial charge in [-0.05, 0) is 18.5 Å². The second-order valence-corrected chi connectivity index (χ2v) is 4.47. The lowest BCUT2D eigenvalue weighted by atomic mass is 10.5. The molecule has 6 nitrogen and oxygen atoms in total. The number of carbonyl (C=O) groups is 1. The van der Waals surface area contributed by atoms with Gasteiger partial charge in [0.2, 0.25) is 15.4 Å². The SMILES string of the molecule is Cc1cnc(CNC(=O)c2nnc(Cl)s2)o1. The predicted octanol–water partition coefficient (Wildman–Crippen LogP) is 1.42. The zero-order valence-electron chi connectivity index (χ0n) is 8.23. The van der Waals surface area contributed by atoms with Crippen LogP contribution in [0.3, 0.4) is 0 Å². The lowest BCUT2D eigenvalue weighted by Gasteiger charge is -1.97. The lowest BCUT2D eigenvalue weighted by molar-refractivity contribution is 0.0946. The zero-order valence-corrected chi connectivity index (χ0v) is 9.80. The topological polar surface area (TPSA) is 80.9 Å². The molecule has 1 N–H and O–H groups in total. The van der Waals surface area contributed by atoms with Crippen LogP contribution < -0.4 is 5.32 Å². The van der Waals surface area contributed by atoms with Crippen molar-refractivity contribution in [3.63, 3.8) is 0 Å². The summed E-state index contributed by atoms with van der Waals surface area (Å²) in [5.74, 6) is 0.796. The molecule has 0 aromatic carbocycles. The molecule has 0 bridgehead atoms. The smallest absolute Gasteiger partial charge is 0.282 e. The number of oxazole rings is 1. The van der Waals surface area contributed by atoms with Crippen LogP contribution in [0.4, 0.5) is 0 Å². The van der Waals surface area contributed by atoms with Gasteiger partial charge in [0.25, 0.3) is 5.91 Å². The van der Waals surface area contributed by atoms with E-state index in [9.17, 15) is 4.79 Å². The summed E-state index contributed by atoms with van der Waals surface area (Å²) in [7, 11) is 0. The van der Waals surface area contributed by atoms with Gasteiger partial charge in [-0.1, -0.05) is 11.3 Å². The Morgan fingerprint density at radius 3 is 3.00 bits per heavy atom. The van der Waals surface area contributed by atoms with Crippen molar-refractivity contribution >= 4 is 28.8 Å². The largest absolute Gasteiger partial charge is 0.444 e. The summed E-state index contributed by atoms with van der Waals surface area (Å²) in [5, 5.41) is 9.95. The van der Waals surface area contributed by atoms with Gasteiger partial charge < -0.3 is 9.73 Å². The number of rotatable bonds is 3. The van der Waals surface area contributed by atoms with Crippen molar-refractivity contribution in [3.05, 3.63) is 27.3 Å². The molecule has 1 amide bonds. The van der Waals surface area contributed by atoms with Crippen molar-refractivity contribution in [1.29, 1.82) is 0 Å². The molecule has 0 spiro atoms. The van der Waals surface area contributed by atoms with Crippen molar-refractivity contribution < 1.29 is 9.21 Å². The maximum absolute atomic E-state index is 11.5. The van der Waals surface area contributed by atoms with E-state index in [2.05, 4.69) is 20.5 Å². The Morgan fingerprint density at radius 1 is 1.62 bits per heavy atom. The van der Waals surface area contributed by atoms with Gasteiger partial charge >= 0.3 is 0 Å². The minimum atomic E-state index is -0.347. The van der Waals surface area contributed by atoms with Gasteiger partial charge in [-0.15, -0.1) is 10.2 Å². The Hall–Kier alpha value is -1.47. The van der Waals surface area contributed by atoms with Gasteiger partial charge in [0.15, 0.2) is 0 Å². The van der Waals surface area contributed by atoms with E-state index in [1.165, 1.54) is 0 Å². The number of hydrogen-bond donors (Lipinski definition) is 1. The van der Waals surface area contributed by atoms with E-state index in [0.717, 1.165) is 11.3 Å². The fraction of sp³-hybridized carbons (Fsp3) is 0.250. The van der Waals surface area contributed by atoms with Crippen molar-refractivity contribution in [2.24, 2.45) is 0 Å². The second-order valence-electron chi connectivity index (χ2n) is 2.91. The van der Waals surface area contributed by atoms with Crippen LogP contribution in [0.1, 0.15) is 21.5 Å². The molecule has 8 heteroatoms. The Labute approximate surface area is 99.7 Å². The van der Waals surface area contributed by atoms with Crippen molar-refractivity contribution in [1.82, 2.24) is 20.5 Å². The summed E-state index contributed by atoms with van der Waals surface area (Å²) in [6.45, 7) is 1.99. The van der Waals surface area contributed by atoms with E-state index in [1.807, 2.05) is 0 Å². The number of carbonyl (C=O) groups excluding carboxylic acids is 1. The van der Waals surface area contributed by atoms with Crippen LogP contribution in [0.25, 0.3) is 0 Å². The number of halogens is 1. The third-order valence-electron chi connectivity index (χ3n) is 1.66. The summed E-state index contributed by atoms with van der Waals surface area (Å²) in [6.07, 6.45) is 1.59. The molecule has 0 saturated carbocycles. The average Bonchev–Trinajstić information content (AvgIpc) is 2.84. The van der Waals surface area contributed by atoms with Crippen molar-refractivity contribution in [2.45, 2.75) is 13.5 Å². The molecule has 84 valence electrons. The highest BCUT2D eigenvalue weighted by Gasteiger charge is 2.12. The number of amides is 1. The van der Waals surface area contributed by atoms with E-state index >= 15 is 0 Å². The van der Waals surface area contributed by atoms with E-state index in [1.54, 1.807) is 13.1 Å². The molecule has 2 heterocycles. The van der Waals surface area contributed by atoms with Crippen LogP contribution in [-0.2, 0) is 6.54 Å². The molecule has 16 heavy (non-hydrogen) atoms. The first-order chi connectivity index (χ1) is 7.65. The summed E-state index contributed by atoms with van der Waals surface area (Å²) in [4.78, 5) is 15.5. The second kappa shape index (κ2) is 4.58. The van der Waals surface area contributed by atoms with Gasteiger partial charge in [-0.25, -0.2) is 4.98 Å². The average molecular weight is 259 g/mol. The molecule has 0 aliphatic rings. The van der Waals surface area contributed by atoms with Crippen molar-refractivity contribution in [2.75, 3.05) is 0 Å². The van der Waals surface area contributed by atoms with Gasteiger partial charge in [0.1, 0.15) is 5.76 Å². The fourth-order valence-corrected chi connectivity index (χ4v) is 1.76. The minimum Gasteiger partial charge on any atom is -0.444 e. The molecule has 0 saturated heterocycles. The molecular formula is C8H7ClN4O2S. The lowest BCUT2D eigenvalue weighted by Crippen LogP contribution is -2.22. The third kappa shape index (κ3) is 2.56. The first-order valence-electron chi connectivity index (χ1n) is 4.33. The number of nitrogens with zero attached hydrogens (tertiary/aromatic N) is 3. The first kappa shape index (κ1) is 11.0. The molecule has 0 fully saturated rings. The normalized spacial score (nSPS) is 10.4. The van der Waals surface area contributed by atoms with Crippen molar-refractivity contribution in [3.8, 4) is 0 Å². The Balaban J connectivity index is 1.93. The molecular weight excluding hydrogens is 252 g/mol. The van der Waals surface area contributed by atoms with Crippen LogP contribution in [-0.4, -0.2) is 21.1 Å². The molecule has 0 aliphatic carbocycles. The summed E-state index contributed by atoms with van der Waals surface area (Å²) in [6, 6.07) is 0. The van der Waals surface area contributed by atoms with Gasteiger partial charge in [0.05, 0.1) is 12.7 Å². The highest BCUT2D eigenvalue weighted by atomic mass is 35.5. The summed E-state index contributed by atoms with van der Waals surface area (Å²) < 4.78 is 5.42. The van der Waals surface area contributed by atoms with E-state index in [4.69, 9.17) is 16.0 Å². The van der Waals surface area contributed by atoms with E-state index in [-0.39, 0.29) is 21.9 Å². The molecule has 2 aromatic rings. The number of nitrogens with one attached hydrogen (secondary N) is 1. The Bertz CT molecular complexity index is 510. The summed E-state index contributed by atoms with van der Waals surface area (Å²) >= 11 is 6.58. The maximum atomic E-state index is 11.5. The molecule has 0 atom stereocenters. The standard InChI is InChI=1S/C8H7ClN4O2S/c1-4-2-10-5(15-4)3-11-6(14)7-12-13-8(9)16-7/h2H,3H2,1H3,(H,11,14). The van der Waals surface area contributed by atoms with Crippen LogP contribution in [0.2, 0.25) is 4.47 Å². The number of aromatic nitrogens is 3. The molecule has 0 unspecified atom stereocenters. The van der Waals surface area contributed by atoms with Gasteiger partial charge in [0, 0.05) is 0 Å². The first-order valence-corrected chi connectivity index (χ1v) is 5.53. The maximum Gasteiger partial charge on any atom is 0.282 e. The van der Waals surface area contributed by atoms with Crippen LogP contribution in [0, 0.1) is 6.92 Å². The molecule has 2 rings (SSSR count). The monoisotopic (exact) mass is 258 g/mol. The molecule has 2 aromatic heterocycles. The van der Waals surface area contributed by atoms with E-state index < -0.39 is 0 Å².